The third-order valence-corrected chi connectivity index (χ3v) is 5.27. The molecule has 19 heavy (non-hydrogen) atoms. The molecule has 2 aliphatic heterocycles. The largest absolute Gasteiger partial charge is 0.317 e. The molecule has 0 aromatic rings. The van der Waals surface area contributed by atoms with Crippen LogP contribution in [-0.2, 0) is 0 Å². The minimum Gasteiger partial charge on any atom is -0.317 e. The van der Waals surface area contributed by atoms with E-state index in [0.29, 0.717) is 5.41 Å². The smallest absolute Gasteiger partial charge is 0.00127 e. The summed E-state index contributed by atoms with van der Waals surface area (Å²) < 4.78 is 0. The molecule has 1 atom stereocenters. The van der Waals surface area contributed by atoms with Crippen LogP contribution in [0.1, 0.15) is 39.5 Å². The lowest BCUT2D eigenvalue weighted by Gasteiger charge is -2.32. The van der Waals surface area contributed by atoms with Crippen LogP contribution in [-0.4, -0.2) is 51.2 Å². The van der Waals surface area contributed by atoms with Crippen LogP contribution in [0.3, 0.4) is 0 Å². The summed E-state index contributed by atoms with van der Waals surface area (Å²) in [6.07, 6.45) is 5.48. The standard InChI is InChI=1S/C16H33N3/c1-16(2,15-7-11-19(3)12-15)13-18-10-6-14-4-8-17-9-5-14/h14-15,17-18H,4-13H2,1-3H3. The van der Waals surface area contributed by atoms with E-state index < -0.39 is 0 Å². The molecule has 2 heterocycles. The van der Waals surface area contributed by atoms with Gasteiger partial charge in [0.05, 0.1) is 0 Å². The van der Waals surface area contributed by atoms with Gasteiger partial charge in [0.15, 0.2) is 0 Å². The normalized spacial score (nSPS) is 27.0. The van der Waals surface area contributed by atoms with Gasteiger partial charge in [0.1, 0.15) is 0 Å². The van der Waals surface area contributed by atoms with E-state index in [1.54, 1.807) is 0 Å². The average Bonchev–Trinajstić information content (AvgIpc) is 2.84. The highest BCUT2D eigenvalue weighted by Gasteiger charge is 2.33. The second-order valence-corrected chi connectivity index (χ2v) is 7.40. The Hall–Kier alpha value is -0.120. The first-order valence-electron chi connectivity index (χ1n) is 8.18. The van der Waals surface area contributed by atoms with Crippen molar-refractivity contribution in [1.29, 1.82) is 0 Å². The zero-order valence-electron chi connectivity index (χ0n) is 13.2. The lowest BCUT2D eigenvalue weighted by molar-refractivity contribution is 0.204. The van der Waals surface area contributed by atoms with E-state index in [4.69, 9.17) is 0 Å². The van der Waals surface area contributed by atoms with Crippen LogP contribution in [0.25, 0.3) is 0 Å². The summed E-state index contributed by atoms with van der Waals surface area (Å²) in [7, 11) is 2.25. The highest BCUT2D eigenvalue weighted by atomic mass is 15.1. The maximum atomic E-state index is 3.73. The Labute approximate surface area is 119 Å². The number of likely N-dealkylation sites (tertiary alicyclic amines) is 1. The van der Waals surface area contributed by atoms with E-state index in [2.05, 4.69) is 36.4 Å². The Balaban J connectivity index is 1.61. The summed E-state index contributed by atoms with van der Waals surface area (Å²) in [5.74, 6) is 1.82. The van der Waals surface area contributed by atoms with Crippen molar-refractivity contribution in [2.24, 2.45) is 17.3 Å². The summed E-state index contributed by atoms with van der Waals surface area (Å²) in [6.45, 7) is 12.3. The molecule has 1 unspecified atom stereocenters. The molecular formula is C16H33N3. The molecule has 0 radical (unpaired) electrons. The molecule has 0 bridgehead atoms. The van der Waals surface area contributed by atoms with Gasteiger partial charge in [-0.1, -0.05) is 13.8 Å². The molecule has 0 aromatic heterocycles. The Morgan fingerprint density at radius 3 is 2.58 bits per heavy atom. The zero-order chi connectivity index (χ0) is 13.7. The highest BCUT2D eigenvalue weighted by Crippen LogP contribution is 2.33. The molecule has 2 fully saturated rings. The fraction of sp³-hybridized carbons (Fsp3) is 1.00. The first-order valence-corrected chi connectivity index (χ1v) is 8.18. The summed E-state index contributed by atoms with van der Waals surface area (Å²) in [5.41, 5.74) is 0.443. The van der Waals surface area contributed by atoms with Crippen LogP contribution >= 0.6 is 0 Å². The SMILES string of the molecule is CN1CCC(C(C)(C)CNCCC2CCNCC2)C1. The summed E-state index contributed by atoms with van der Waals surface area (Å²) in [4.78, 5) is 2.47. The molecule has 0 aliphatic carbocycles. The minimum absolute atomic E-state index is 0.443. The molecule has 112 valence electrons. The number of hydrogen-bond donors (Lipinski definition) is 2. The van der Waals surface area contributed by atoms with Crippen molar-refractivity contribution < 1.29 is 0 Å². The van der Waals surface area contributed by atoms with Crippen LogP contribution < -0.4 is 10.6 Å². The average molecular weight is 267 g/mol. The molecule has 2 N–H and O–H groups in total. The van der Waals surface area contributed by atoms with Crippen molar-refractivity contribution in [2.75, 3.05) is 46.3 Å². The maximum Gasteiger partial charge on any atom is 0.00127 e. The van der Waals surface area contributed by atoms with Crippen LogP contribution in [0.2, 0.25) is 0 Å². The van der Waals surface area contributed by atoms with E-state index in [-0.39, 0.29) is 0 Å². The van der Waals surface area contributed by atoms with Crippen LogP contribution in [0, 0.1) is 17.3 Å². The van der Waals surface area contributed by atoms with Crippen LogP contribution in [0.5, 0.6) is 0 Å². The Morgan fingerprint density at radius 2 is 1.95 bits per heavy atom. The number of piperidine rings is 1. The lowest BCUT2D eigenvalue weighted by atomic mass is 9.78. The van der Waals surface area contributed by atoms with Crippen molar-refractivity contribution in [1.82, 2.24) is 15.5 Å². The molecule has 0 amide bonds. The first kappa shape index (κ1) is 15.3. The molecule has 0 aromatic carbocycles. The van der Waals surface area contributed by atoms with Gasteiger partial charge in [-0.25, -0.2) is 0 Å². The van der Waals surface area contributed by atoms with Crippen LogP contribution in [0.4, 0.5) is 0 Å². The van der Waals surface area contributed by atoms with E-state index in [1.165, 1.54) is 65.0 Å². The van der Waals surface area contributed by atoms with Crippen molar-refractivity contribution in [3.8, 4) is 0 Å². The van der Waals surface area contributed by atoms with Crippen LogP contribution in [0.15, 0.2) is 0 Å². The van der Waals surface area contributed by atoms with Gasteiger partial charge in [-0.3, -0.25) is 0 Å². The Bertz CT molecular complexity index is 259. The lowest BCUT2D eigenvalue weighted by Crippen LogP contribution is -2.38. The third kappa shape index (κ3) is 4.73. The van der Waals surface area contributed by atoms with Crippen molar-refractivity contribution in [2.45, 2.75) is 39.5 Å². The van der Waals surface area contributed by atoms with Gasteiger partial charge in [0, 0.05) is 13.1 Å². The molecule has 3 nitrogen and oxygen atoms in total. The molecule has 2 aliphatic rings. The highest BCUT2D eigenvalue weighted by molar-refractivity contribution is 4.86. The first-order chi connectivity index (χ1) is 9.08. The monoisotopic (exact) mass is 267 g/mol. The van der Waals surface area contributed by atoms with Crippen molar-refractivity contribution in [3.05, 3.63) is 0 Å². The second-order valence-electron chi connectivity index (χ2n) is 7.40. The van der Waals surface area contributed by atoms with E-state index >= 15 is 0 Å². The molecule has 2 rings (SSSR count). The van der Waals surface area contributed by atoms with Gasteiger partial charge in [-0.2, -0.15) is 0 Å². The van der Waals surface area contributed by atoms with E-state index in [9.17, 15) is 0 Å². The molecule has 3 heteroatoms. The quantitative estimate of drug-likeness (QED) is 0.720. The van der Waals surface area contributed by atoms with Gasteiger partial charge in [0.25, 0.3) is 0 Å². The van der Waals surface area contributed by atoms with E-state index in [1.807, 2.05) is 0 Å². The maximum absolute atomic E-state index is 3.73. The Kier molecular flexibility index (Phi) is 5.67. The third-order valence-electron chi connectivity index (χ3n) is 5.27. The number of rotatable bonds is 6. The second kappa shape index (κ2) is 7.05. The predicted molar refractivity (Wildman–Crippen MR) is 82.5 cm³/mol. The van der Waals surface area contributed by atoms with Gasteiger partial charge < -0.3 is 15.5 Å². The molecular weight excluding hydrogens is 234 g/mol. The molecule has 0 saturated carbocycles. The summed E-state index contributed by atoms with van der Waals surface area (Å²) in [5, 5.41) is 7.17. The fourth-order valence-corrected chi connectivity index (χ4v) is 3.60. The zero-order valence-corrected chi connectivity index (χ0v) is 13.2. The molecule has 2 saturated heterocycles. The van der Waals surface area contributed by atoms with Gasteiger partial charge >= 0.3 is 0 Å². The van der Waals surface area contributed by atoms with Crippen molar-refractivity contribution >= 4 is 0 Å². The van der Waals surface area contributed by atoms with Crippen molar-refractivity contribution in [3.63, 3.8) is 0 Å². The Morgan fingerprint density at radius 1 is 1.21 bits per heavy atom. The topological polar surface area (TPSA) is 27.3 Å². The fourth-order valence-electron chi connectivity index (χ4n) is 3.60. The minimum atomic E-state index is 0.443. The van der Waals surface area contributed by atoms with Gasteiger partial charge in [-0.05, 0) is 76.2 Å². The van der Waals surface area contributed by atoms with Gasteiger partial charge in [0.2, 0.25) is 0 Å². The number of nitrogens with one attached hydrogen (secondary N) is 2. The number of nitrogens with zero attached hydrogens (tertiary/aromatic N) is 1. The summed E-state index contributed by atoms with van der Waals surface area (Å²) in [6, 6.07) is 0. The number of hydrogen-bond acceptors (Lipinski definition) is 3. The molecule has 0 spiro atoms. The summed E-state index contributed by atoms with van der Waals surface area (Å²) >= 11 is 0. The van der Waals surface area contributed by atoms with Gasteiger partial charge in [-0.15, -0.1) is 0 Å². The van der Waals surface area contributed by atoms with E-state index in [0.717, 1.165) is 11.8 Å². The predicted octanol–water partition coefficient (Wildman–Crippen LogP) is 1.94.